The molecule has 2 aromatic rings. The van der Waals surface area contributed by atoms with Crippen LogP contribution in [0, 0.1) is 24.0 Å². The minimum Gasteiger partial charge on any atom is -0.456 e. The molecule has 0 saturated carbocycles. The SMILES string of the molecule is CC1=NOC(=O)/C1=C\c1ccc(-c2cc(C)c(C)cc2[N+](=O)[O-])o1. The van der Waals surface area contributed by atoms with Crippen molar-refractivity contribution in [1.29, 1.82) is 0 Å². The number of nitrogens with zero attached hydrogens (tertiary/aromatic N) is 2. The Morgan fingerprint density at radius 1 is 1.17 bits per heavy atom. The lowest BCUT2D eigenvalue weighted by Gasteiger charge is -2.04. The maximum atomic E-state index is 11.6. The number of nitro benzene ring substituents is 1. The first kappa shape index (κ1) is 15.7. The number of aryl methyl sites for hydroxylation is 2. The molecule has 0 aliphatic carbocycles. The number of oxime groups is 1. The molecule has 7 heteroatoms. The fourth-order valence-electron chi connectivity index (χ4n) is 2.39. The van der Waals surface area contributed by atoms with Gasteiger partial charge in [0.1, 0.15) is 11.5 Å². The van der Waals surface area contributed by atoms with E-state index < -0.39 is 10.9 Å². The molecule has 0 fully saturated rings. The fourth-order valence-corrected chi connectivity index (χ4v) is 2.39. The average molecular weight is 326 g/mol. The Kier molecular flexibility index (Phi) is 3.76. The van der Waals surface area contributed by atoms with Gasteiger partial charge in [-0.1, -0.05) is 5.16 Å². The Morgan fingerprint density at radius 2 is 1.88 bits per heavy atom. The van der Waals surface area contributed by atoms with Crippen LogP contribution in [-0.4, -0.2) is 16.6 Å². The second-order valence-corrected chi connectivity index (χ2v) is 5.53. The molecule has 0 atom stereocenters. The maximum absolute atomic E-state index is 11.6. The van der Waals surface area contributed by atoms with Gasteiger partial charge in [0.2, 0.25) is 0 Å². The highest BCUT2D eigenvalue weighted by molar-refractivity contribution is 6.24. The topological polar surface area (TPSA) is 94.9 Å². The molecule has 0 amide bonds. The van der Waals surface area contributed by atoms with Crippen molar-refractivity contribution in [3.63, 3.8) is 0 Å². The summed E-state index contributed by atoms with van der Waals surface area (Å²) in [7, 11) is 0. The van der Waals surface area contributed by atoms with E-state index in [4.69, 9.17) is 4.42 Å². The number of hydrogen-bond acceptors (Lipinski definition) is 6. The van der Waals surface area contributed by atoms with Crippen LogP contribution in [0.25, 0.3) is 17.4 Å². The summed E-state index contributed by atoms with van der Waals surface area (Å²) >= 11 is 0. The number of hydrogen-bond donors (Lipinski definition) is 0. The second kappa shape index (κ2) is 5.77. The van der Waals surface area contributed by atoms with Gasteiger partial charge in [-0.15, -0.1) is 0 Å². The summed E-state index contributed by atoms with van der Waals surface area (Å²) < 4.78 is 5.67. The van der Waals surface area contributed by atoms with E-state index in [2.05, 4.69) is 9.99 Å². The van der Waals surface area contributed by atoms with Crippen LogP contribution >= 0.6 is 0 Å². The lowest BCUT2D eigenvalue weighted by molar-refractivity contribution is -0.384. The Bertz CT molecular complexity index is 921. The molecule has 0 N–H and O–H groups in total. The van der Waals surface area contributed by atoms with Crippen molar-refractivity contribution in [3.8, 4) is 11.3 Å². The van der Waals surface area contributed by atoms with Gasteiger partial charge in [-0.05, 0) is 56.2 Å². The van der Waals surface area contributed by atoms with E-state index in [1.807, 2.05) is 13.8 Å². The van der Waals surface area contributed by atoms with E-state index in [9.17, 15) is 14.9 Å². The minimum absolute atomic E-state index is 0.0235. The van der Waals surface area contributed by atoms with Gasteiger partial charge in [0.15, 0.2) is 0 Å². The number of benzene rings is 1. The Labute approximate surface area is 137 Å². The zero-order valence-corrected chi connectivity index (χ0v) is 13.3. The van der Waals surface area contributed by atoms with Crippen LogP contribution in [-0.2, 0) is 9.63 Å². The van der Waals surface area contributed by atoms with Crippen molar-refractivity contribution in [2.24, 2.45) is 5.16 Å². The summed E-state index contributed by atoms with van der Waals surface area (Å²) in [5, 5.41) is 14.9. The second-order valence-electron chi connectivity index (χ2n) is 5.53. The van der Waals surface area contributed by atoms with Gasteiger partial charge in [-0.3, -0.25) is 10.1 Å². The summed E-state index contributed by atoms with van der Waals surface area (Å²) in [6, 6.07) is 6.52. The molecule has 0 radical (unpaired) electrons. The predicted molar refractivity (Wildman–Crippen MR) is 87.5 cm³/mol. The maximum Gasteiger partial charge on any atom is 0.367 e. The van der Waals surface area contributed by atoms with Crippen molar-refractivity contribution >= 4 is 23.4 Å². The van der Waals surface area contributed by atoms with Crippen LogP contribution in [0.2, 0.25) is 0 Å². The number of rotatable bonds is 3. The lowest BCUT2D eigenvalue weighted by atomic mass is 10.0. The largest absolute Gasteiger partial charge is 0.456 e. The first-order chi connectivity index (χ1) is 11.4. The fraction of sp³-hybridized carbons (Fsp3) is 0.176. The first-order valence-electron chi connectivity index (χ1n) is 7.20. The average Bonchev–Trinajstić information content (AvgIpc) is 3.11. The van der Waals surface area contributed by atoms with Crippen LogP contribution < -0.4 is 0 Å². The molecule has 1 aromatic carbocycles. The third kappa shape index (κ3) is 2.71. The van der Waals surface area contributed by atoms with Crippen molar-refractivity contribution < 1.29 is 19.0 Å². The summed E-state index contributed by atoms with van der Waals surface area (Å²) in [5.74, 6) is 0.196. The van der Waals surface area contributed by atoms with E-state index in [1.54, 1.807) is 25.1 Å². The normalized spacial score (nSPS) is 15.5. The van der Waals surface area contributed by atoms with Crippen LogP contribution in [0.15, 0.2) is 39.4 Å². The molecule has 3 rings (SSSR count). The standard InChI is InChI=1S/C17H14N2O5/c1-9-6-14(15(19(21)22)7-10(9)2)16-5-4-12(23-16)8-13-11(3)18-24-17(13)20/h4-8H,1-3H3/b13-8-. The van der Waals surface area contributed by atoms with E-state index in [0.717, 1.165) is 11.1 Å². The van der Waals surface area contributed by atoms with Gasteiger partial charge in [0.05, 0.1) is 21.8 Å². The quantitative estimate of drug-likeness (QED) is 0.370. The zero-order chi connectivity index (χ0) is 17.4. The summed E-state index contributed by atoms with van der Waals surface area (Å²) in [4.78, 5) is 27.0. The molecular weight excluding hydrogens is 312 g/mol. The monoisotopic (exact) mass is 326 g/mol. The first-order valence-corrected chi connectivity index (χ1v) is 7.20. The molecule has 122 valence electrons. The number of nitro groups is 1. The smallest absolute Gasteiger partial charge is 0.367 e. The van der Waals surface area contributed by atoms with Gasteiger partial charge < -0.3 is 9.25 Å². The molecule has 1 aliphatic rings. The number of carbonyl (C=O) groups is 1. The van der Waals surface area contributed by atoms with Crippen molar-refractivity contribution in [3.05, 3.63) is 56.8 Å². The molecule has 0 saturated heterocycles. The van der Waals surface area contributed by atoms with Crippen LogP contribution in [0.3, 0.4) is 0 Å². The molecule has 7 nitrogen and oxygen atoms in total. The van der Waals surface area contributed by atoms with Crippen molar-refractivity contribution in [2.45, 2.75) is 20.8 Å². The highest BCUT2D eigenvalue weighted by Gasteiger charge is 2.23. The van der Waals surface area contributed by atoms with Gasteiger partial charge in [0.25, 0.3) is 5.69 Å². The Morgan fingerprint density at radius 3 is 2.50 bits per heavy atom. The van der Waals surface area contributed by atoms with Crippen LogP contribution in [0.4, 0.5) is 5.69 Å². The summed E-state index contributed by atoms with van der Waals surface area (Å²) in [6.45, 7) is 5.34. The van der Waals surface area contributed by atoms with Crippen LogP contribution in [0.5, 0.6) is 0 Å². The minimum atomic E-state index is -0.553. The Balaban J connectivity index is 2.05. The number of carbonyl (C=O) groups excluding carboxylic acids is 1. The third-order valence-corrected chi connectivity index (χ3v) is 3.86. The van der Waals surface area contributed by atoms with Gasteiger partial charge >= 0.3 is 5.97 Å². The lowest BCUT2D eigenvalue weighted by Crippen LogP contribution is -2.01. The number of furan rings is 1. The third-order valence-electron chi connectivity index (χ3n) is 3.86. The molecule has 2 heterocycles. The highest BCUT2D eigenvalue weighted by Crippen LogP contribution is 2.34. The van der Waals surface area contributed by atoms with Gasteiger partial charge in [-0.25, -0.2) is 4.79 Å². The highest BCUT2D eigenvalue weighted by atomic mass is 16.7. The van der Waals surface area contributed by atoms with E-state index in [1.165, 1.54) is 12.1 Å². The Hall–Kier alpha value is -3.22. The molecule has 1 aromatic heterocycles. The molecule has 24 heavy (non-hydrogen) atoms. The predicted octanol–water partition coefficient (Wildman–Crippen LogP) is 3.79. The molecular formula is C17H14N2O5. The van der Waals surface area contributed by atoms with Gasteiger partial charge in [-0.2, -0.15) is 0 Å². The molecule has 0 unspecified atom stereocenters. The van der Waals surface area contributed by atoms with Crippen molar-refractivity contribution in [2.75, 3.05) is 0 Å². The van der Waals surface area contributed by atoms with Gasteiger partial charge in [0, 0.05) is 6.07 Å². The summed E-state index contributed by atoms with van der Waals surface area (Å²) in [5.41, 5.74) is 2.88. The molecule has 1 aliphatic heterocycles. The molecule has 0 bridgehead atoms. The van der Waals surface area contributed by atoms with Crippen molar-refractivity contribution in [1.82, 2.24) is 0 Å². The molecule has 0 spiro atoms. The zero-order valence-electron chi connectivity index (χ0n) is 13.3. The van der Waals surface area contributed by atoms with E-state index >= 15 is 0 Å². The van der Waals surface area contributed by atoms with E-state index in [0.29, 0.717) is 28.4 Å². The van der Waals surface area contributed by atoms with Crippen LogP contribution in [0.1, 0.15) is 23.8 Å². The van der Waals surface area contributed by atoms with E-state index in [-0.39, 0.29) is 5.69 Å². The summed E-state index contributed by atoms with van der Waals surface area (Å²) in [6.07, 6.45) is 1.50.